The van der Waals surface area contributed by atoms with Crippen LogP contribution >= 0.6 is 0 Å². The number of carbonyl (C=O) groups is 2. The number of halogens is 1. The normalized spacial score (nSPS) is 19.5. The second-order valence-corrected chi connectivity index (χ2v) is 4.29. The Morgan fingerprint density at radius 2 is 2.17 bits per heavy atom. The molecule has 0 bridgehead atoms. The Hall–Kier alpha value is -1.91. The van der Waals surface area contributed by atoms with Gasteiger partial charge in [0.25, 0.3) is 5.91 Å². The Morgan fingerprint density at radius 1 is 1.44 bits per heavy atom. The van der Waals surface area contributed by atoms with Crippen LogP contribution in [0.25, 0.3) is 0 Å². The van der Waals surface area contributed by atoms with Gasteiger partial charge >= 0.3 is 0 Å². The number of hydrogen-bond donors (Lipinski definition) is 1. The molecule has 1 aliphatic rings. The average Bonchev–Trinajstić information content (AvgIpc) is 2.60. The molecule has 1 heterocycles. The van der Waals surface area contributed by atoms with Crippen molar-refractivity contribution in [3.63, 3.8) is 0 Å². The van der Waals surface area contributed by atoms with Crippen molar-refractivity contribution >= 4 is 17.5 Å². The van der Waals surface area contributed by atoms with Crippen molar-refractivity contribution in [1.29, 1.82) is 0 Å². The third-order valence-corrected chi connectivity index (χ3v) is 3.16. The second kappa shape index (κ2) is 4.76. The van der Waals surface area contributed by atoms with E-state index in [1.807, 2.05) is 0 Å². The molecule has 0 aromatic heterocycles. The van der Waals surface area contributed by atoms with Crippen LogP contribution < -0.4 is 5.32 Å². The van der Waals surface area contributed by atoms with E-state index in [0.29, 0.717) is 17.8 Å². The minimum atomic E-state index is -0.585. The number of likely N-dealkylation sites (N-methyl/N-ethyl adjacent to an activating group) is 1. The molecular weight excluding hydrogens is 235 g/mol. The monoisotopic (exact) mass is 250 g/mol. The standard InChI is InChI=1S/C13H15FN2O2/c1-3-16-12(17)7-11(13(16)18)15-10-6-4-5-9(14)8(10)2/h4-6,11,15H,3,7H2,1-2H3. The molecule has 96 valence electrons. The third kappa shape index (κ3) is 2.08. The summed E-state index contributed by atoms with van der Waals surface area (Å²) in [5, 5.41) is 2.94. The van der Waals surface area contributed by atoms with E-state index in [4.69, 9.17) is 0 Å². The van der Waals surface area contributed by atoms with Crippen molar-refractivity contribution in [2.24, 2.45) is 0 Å². The molecule has 1 unspecified atom stereocenters. The molecule has 18 heavy (non-hydrogen) atoms. The Labute approximate surface area is 105 Å². The largest absolute Gasteiger partial charge is 0.373 e. The summed E-state index contributed by atoms with van der Waals surface area (Å²) in [5.41, 5.74) is 1.01. The summed E-state index contributed by atoms with van der Waals surface area (Å²) >= 11 is 0. The highest BCUT2D eigenvalue weighted by atomic mass is 19.1. The predicted molar refractivity (Wildman–Crippen MR) is 65.6 cm³/mol. The van der Waals surface area contributed by atoms with Crippen LogP contribution in [0.4, 0.5) is 10.1 Å². The van der Waals surface area contributed by atoms with E-state index in [9.17, 15) is 14.0 Å². The maximum Gasteiger partial charge on any atom is 0.252 e. The first kappa shape index (κ1) is 12.5. The van der Waals surface area contributed by atoms with E-state index in [1.165, 1.54) is 11.0 Å². The quantitative estimate of drug-likeness (QED) is 0.830. The highest BCUT2D eigenvalue weighted by Gasteiger charge is 2.37. The molecule has 1 aromatic carbocycles. The number of rotatable bonds is 3. The molecule has 0 saturated carbocycles. The van der Waals surface area contributed by atoms with Gasteiger partial charge in [-0.2, -0.15) is 0 Å². The number of anilines is 1. The number of carbonyl (C=O) groups excluding carboxylic acids is 2. The first-order valence-electron chi connectivity index (χ1n) is 5.90. The lowest BCUT2D eigenvalue weighted by Gasteiger charge is -2.15. The van der Waals surface area contributed by atoms with Gasteiger partial charge < -0.3 is 5.32 Å². The van der Waals surface area contributed by atoms with E-state index < -0.39 is 6.04 Å². The Morgan fingerprint density at radius 3 is 2.78 bits per heavy atom. The fraction of sp³-hybridized carbons (Fsp3) is 0.385. The van der Waals surface area contributed by atoms with Gasteiger partial charge in [-0.25, -0.2) is 4.39 Å². The van der Waals surface area contributed by atoms with Crippen molar-refractivity contribution in [2.75, 3.05) is 11.9 Å². The van der Waals surface area contributed by atoms with E-state index in [2.05, 4.69) is 5.32 Å². The molecule has 2 amide bonds. The number of nitrogens with one attached hydrogen (secondary N) is 1. The predicted octanol–water partition coefficient (Wildman–Crippen LogP) is 1.69. The van der Waals surface area contributed by atoms with Gasteiger partial charge in [0.05, 0.1) is 6.42 Å². The first-order valence-corrected chi connectivity index (χ1v) is 5.90. The zero-order valence-corrected chi connectivity index (χ0v) is 10.4. The molecule has 5 heteroatoms. The highest BCUT2D eigenvalue weighted by molar-refractivity contribution is 6.06. The van der Waals surface area contributed by atoms with Crippen molar-refractivity contribution in [1.82, 2.24) is 4.90 Å². The molecule has 1 N–H and O–H groups in total. The summed E-state index contributed by atoms with van der Waals surface area (Å²) in [6, 6.07) is 4.05. The minimum absolute atomic E-state index is 0.128. The van der Waals surface area contributed by atoms with E-state index in [1.54, 1.807) is 26.0 Å². The Balaban J connectivity index is 2.18. The molecule has 0 spiro atoms. The van der Waals surface area contributed by atoms with Gasteiger partial charge in [0, 0.05) is 17.8 Å². The van der Waals surface area contributed by atoms with Crippen LogP contribution in [-0.2, 0) is 9.59 Å². The van der Waals surface area contributed by atoms with E-state index in [0.717, 1.165) is 0 Å². The molecule has 1 aliphatic heterocycles. The van der Waals surface area contributed by atoms with E-state index >= 15 is 0 Å². The summed E-state index contributed by atoms with van der Waals surface area (Å²) in [7, 11) is 0. The Bertz CT molecular complexity index is 502. The lowest BCUT2D eigenvalue weighted by atomic mass is 10.1. The van der Waals surface area contributed by atoms with Gasteiger partial charge in [-0.05, 0) is 26.0 Å². The zero-order chi connectivity index (χ0) is 13.3. The number of imide groups is 1. The van der Waals surface area contributed by atoms with Gasteiger partial charge in [0.15, 0.2) is 0 Å². The summed E-state index contributed by atoms with van der Waals surface area (Å²) in [4.78, 5) is 24.7. The van der Waals surface area contributed by atoms with Gasteiger partial charge in [0.2, 0.25) is 5.91 Å². The van der Waals surface area contributed by atoms with Crippen molar-refractivity contribution in [3.8, 4) is 0 Å². The van der Waals surface area contributed by atoms with Crippen LogP contribution in [0.5, 0.6) is 0 Å². The summed E-state index contributed by atoms with van der Waals surface area (Å²) < 4.78 is 13.4. The molecule has 1 atom stereocenters. The van der Waals surface area contributed by atoms with Gasteiger partial charge in [-0.1, -0.05) is 6.07 Å². The lowest BCUT2D eigenvalue weighted by Crippen LogP contribution is -2.34. The van der Waals surface area contributed by atoms with Crippen LogP contribution in [0.1, 0.15) is 18.9 Å². The SMILES string of the molecule is CCN1C(=O)CC(Nc2cccc(F)c2C)C1=O. The number of benzene rings is 1. The summed E-state index contributed by atoms with van der Waals surface area (Å²) in [5.74, 6) is -0.760. The highest BCUT2D eigenvalue weighted by Crippen LogP contribution is 2.22. The molecule has 1 aromatic rings. The number of nitrogens with zero attached hydrogens (tertiary/aromatic N) is 1. The topological polar surface area (TPSA) is 49.4 Å². The smallest absolute Gasteiger partial charge is 0.252 e. The van der Waals surface area contributed by atoms with Crippen LogP contribution in [0, 0.1) is 12.7 Å². The van der Waals surface area contributed by atoms with Crippen molar-refractivity contribution in [3.05, 3.63) is 29.6 Å². The maximum atomic E-state index is 13.4. The molecule has 0 aliphatic carbocycles. The van der Waals surface area contributed by atoms with Gasteiger partial charge in [-0.15, -0.1) is 0 Å². The summed E-state index contributed by atoms with van der Waals surface area (Å²) in [6.07, 6.45) is 0.128. The maximum absolute atomic E-state index is 13.4. The molecule has 1 fully saturated rings. The molecule has 4 nitrogen and oxygen atoms in total. The molecule has 2 rings (SSSR count). The molecule has 1 saturated heterocycles. The van der Waals surface area contributed by atoms with Crippen LogP contribution in [0.2, 0.25) is 0 Å². The fourth-order valence-corrected chi connectivity index (χ4v) is 2.08. The Kier molecular flexibility index (Phi) is 3.32. The average molecular weight is 250 g/mol. The van der Waals surface area contributed by atoms with Gasteiger partial charge in [-0.3, -0.25) is 14.5 Å². The number of amides is 2. The van der Waals surface area contributed by atoms with Crippen LogP contribution in [0.15, 0.2) is 18.2 Å². The van der Waals surface area contributed by atoms with Crippen LogP contribution in [-0.4, -0.2) is 29.3 Å². The fourth-order valence-electron chi connectivity index (χ4n) is 2.08. The molecular formula is C13H15FN2O2. The second-order valence-electron chi connectivity index (χ2n) is 4.29. The van der Waals surface area contributed by atoms with Crippen LogP contribution in [0.3, 0.4) is 0 Å². The van der Waals surface area contributed by atoms with E-state index in [-0.39, 0.29) is 24.1 Å². The van der Waals surface area contributed by atoms with Crippen molar-refractivity contribution in [2.45, 2.75) is 26.3 Å². The molecule has 0 radical (unpaired) electrons. The summed E-state index contributed by atoms with van der Waals surface area (Å²) in [6.45, 7) is 3.76. The number of hydrogen-bond acceptors (Lipinski definition) is 3. The van der Waals surface area contributed by atoms with Gasteiger partial charge in [0.1, 0.15) is 11.9 Å². The van der Waals surface area contributed by atoms with Crippen molar-refractivity contribution < 1.29 is 14.0 Å². The third-order valence-electron chi connectivity index (χ3n) is 3.16. The number of likely N-dealkylation sites (tertiary alicyclic amines) is 1. The lowest BCUT2D eigenvalue weighted by molar-refractivity contribution is -0.138. The first-order chi connectivity index (χ1) is 8.54. The zero-order valence-electron chi connectivity index (χ0n) is 10.4. The minimum Gasteiger partial charge on any atom is -0.373 e.